The summed E-state index contributed by atoms with van der Waals surface area (Å²) in [4.78, 5) is 27.6. The average Bonchev–Trinajstić information content (AvgIpc) is 3.13. The number of hydrogen-bond acceptors (Lipinski definition) is 4. The molecule has 0 radical (unpaired) electrons. The Morgan fingerprint density at radius 2 is 1.79 bits per heavy atom. The first-order chi connectivity index (χ1) is 12.9. The topological polar surface area (TPSA) is 70.7 Å². The second-order valence-electron chi connectivity index (χ2n) is 8.18. The third-order valence-electron chi connectivity index (χ3n) is 6.04. The van der Waals surface area contributed by atoms with E-state index in [1.807, 2.05) is 18.7 Å². The molecule has 7 heteroatoms. The summed E-state index contributed by atoms with van der Waals surface area (Å²) in [7, 11) is 1.59. The number of benzene rings is 1. The molecule has 0 bridgehead atoms. The lowest BCUT2D eigenvalue weighted by atomic mass is 9.77. The third kappa shape index (κ3) is 4.97. The monoisotopic (exact) mass is 409 g/mol. The Labute approximate surface area is 173 Å². The number of carbonyl (C=O) groups is 2. The number of likely N-dealkylation sites (tertiary alicyclic amines) is 1. The van der Waals surface area contributed by atoms with Crippen LogP contribution < -0.4 is 15.4 Å². The Kier molecular flexibility index (Phi) is 7.72. The second-order valence-corrected chi connectivity index (χ2v) is 8.18. The minimum absolute atomic E-state index is 0. The van der Waals surface area contributed by atoms with Gasteiger partial charge in [-0.2, -0.15) is 0 Å². The van der Waals surface area contributed by atoms with Gasteiger partial charge < -0.3 is 20.3 Å². The van der Waals surface area contributed by atoms with Crippen LogP contribution in [0.25, 0.3) is 0 Å². The molecule has 2 aliphatic heterocycles. The van der Waals surface area contributed by atoms with Gasteiger partial charge in [0.15, 0.2) is 0 Å². The fourth-order valence-electron chi connectivity index (χ4n) is 4.10. The average molecular weight is 410 g/mol. The zero-order chi connectivity index (χ0) is 19.4. The fourth-order valence-corrected chi connectivity index (χ4v) is 4.10. The van der Waals surface area contributed by atoms with Crippen LogP contribution in [-0.2, 0) is 4.79 Å². The summed E-state index contributed by atoms with van der Waals surface area (Å²) < 4.78 is 5.13. The number of amides is 2. The molecule has 3 rings (SSSR count). The van der Waals surface area contributed by atoms with Crippen LogP contribution in [0.1, 0.15) is 43.5 Å². The number of nitrogens with zero attached hydrogens (tertiary/aromatic N) is 1. The molecule has 2 saturated heterocycles. The quantitative estimate of drug-likeness (QED) is 0.783. The molecule has 1 aromatic rings. The van der Waals surface area contributed by atoms with Crippen LogP contribution in [0.2, 0.25) is 0 Å². The van der Waals surface area contributed by atoms with Crippen LogP contribution in [0, 0.1) is 11.3 Å². The molecule has 2 fully saturated rings. The number of nitrogens with one attached hydrogen (secondary N) is 2. The van der Waals surface area contributed by atoms with E-state index in [9.17, 15) is 9.59 Å². The maximum absolute atomic E-state index is 13.1. The van der Waals surface area contributed by atoms with Crippen molar-refractivity contribution in [2.45, 2.75) is 39.2 Å². The van der Waals surface area contributed by atoms with Crippen LogP contribution in [0.4, 0.5) is 0 Å². The summed E-state index contributed by atoms with van der Waals surface area (Å²) >= 11 is 0. The van der Waals surface area contributed by atoms with Gasteiger partial charge in [-0.3, -0.25) is 9.59 Å². The first-order valence-electron chi connectivity index (χ1n) is 9.88. The molecule has 1 atom stereocenters. The van der Waals surface area contributed by atoms with E-state index < -0.39 is 6.04 Å². The number of carbonyl (C=O) groups excluding carboxylic acids is 2. The Balaban J connectivity index is 0.00000280. The van der Waals surface area contributed by atoms with E-state index in [0.29, 0.717) is 16.7 Å². The predicted molar refractivity (Wildman–Crippen MR) is 112 cm³/mol. The molecule has 2 aliphatic rings. The number of piperidine rings is 1. The van der Waals surface area contributed by atoms with Gasteiger partial charge in [-0.1, -0.05) is 13.8 Å². The van der Waals surface area contributed by atoms with Crippen molar-refractivity contribution < 1.29 is 14.3 Å². The van der Waals surface area contributed by atoms with Gasteiger partial charge in [-0.15, -0.1) is 12.4 Å². The Morgan fingerprint density at radius 3 is 2.29 bits per heavy atom. The smallest absolute Gasteiger partial charge is 0.251 e. The highest BCUT2D eigenvalue weighted by atomic mass is 35.5. The lowest BCUT2D eigenvalue weighted by molar-refractivity contribution is -0.136. The summed E-state index contributed by atoms with van der Waals surface area (Å²) in [6.45, 7) is 7.66. The summed E-state index contributed by atoms with van der Waals surface area (Å²) in [5.74, 6) is 0.543. The van der Waals surface area contributed by atoms with E-state index in [1.165, 1.54) is 6.42 Å². The van der Waals surface area contributed by atoms with Crippen LogP contribution in [-0.4, -0.2) is 56.0 Å². The molecular weight excluding hydrogens is 378 g/mol. The molecule has 2 N–H and O–H groups in total. The molecule has 0 aromatic heterocycles. The van der Waals surface area contributed by atoms with Crippen molar-refractivity contribution in [3.05, 3.63) is 29.8 Å². The largest absolute Gasteiger partial charge is 0.497 e. The molecular formula is C21H32ClN3O3. The standard InChI is InChI=1S/C21H31N3O3.ClH/c1-15(2)18(23-19(25)16-4-6-17(27-3)7-5-16)20(26)24-12-9-21(10-13-24)8-11-22-14-21;/h4-7,15,18,22H,8-14H2,1-3H3,(H,23,25);1H. The van der Waals surface area contributed by atoms with Crippen molar-refractivity contribution >= 4 is 24.2 Å². The minimum Gasteiger partial charge on any atom is -0.497 e. The van der Waals surface area contributed by atoms with E-state index in [-0.39, 0.29) is 30.1 Å². The van der Waals surface area contributed by atoms with Crippen molar-refractivity contribution in [1.82, 2.24) is 15.5 Å². The van der Waals surface area contributed by atoms with Gasteiger partial charge in [0.1, 0.15) is 11.8 Å². The van der Waals surface area contributed by atoms with Crippen molar-refractivity contribution in [3.63, 3.8) is 0 Å². The van der Waals surface area contributed by atoms with Crippen LogP contribution in [0.3, 0.4) is 0 Å². The molecule has 28 heavy (non-hydrogen) atoms. The zero-order valence-corrected chi connectivity index (χ0v) is 17.8. The van der Waals surface area contributed by atoms with Crippen LogP contribution in [0.15, 0.2) is 24.3 Å². The molecule has 2 heterocycles. The van der Waals surface area contributed by atoms with Crippen LogP contribution >= 0.6 is 12.4 Å². The molecule has 1 aromatic carbocycles. The highest BCUT2D eigenvalue weighted by Crippen LogP contribution is 2.37. The van der Waals surface area contributed by atoms with E-state index in [2.05, 4.69) is 10.6 Å². The minimum atomic E-state index is -0.504. The lowest BCUT2D eigenvalue weighted by Crippen LogP contribution is -2.54. The number of halogens is 1. The molecule has 0 aliphatic carbocycles. The van der Waals surface area contributed by atoms with E-state index >= 15 is 0 Å². The Morgan fingerprint density at radius 1 is 1.14 bits per heavy atom. The van der Waals surface area contributed by atoms with Gasteiger partial charge in [0, 0.05) is 25.2 Å². The predicted octanol–water partition coefficient (Wildman–Crippen LogP) is 2.47. The summed E-state index contributed by atoms with van der Waals surface area (Å²) in [5.41, 5.74) is 0.903. The molecule has 1 spiro atoms. The van der Waals surface area contributed by atoms with Gasteiger partial charge in [-0.05, 0) is 61.4 Å². The highest BCUT2D eigenvalue weighted by molar-refractivity contribution is 5.97. The maximum Gasteiger partial charge on any atom is 0.251 e. The zero-order valence-electron chi connectivity index (χ0n) is 17.0. The summed E-state index contributed by atoms with van der Waals surface area (Å²) in [5, 5.41) is 6.40. The lowest BCUT2D eigenvalue weighted by Gasteiger charge is -2.40. The van der Waals surface area contributed by atoms with Crippen molar-refractivity contribution in [1.29, 1.82) is 0 Å². The van der Waals surface area contributed by atoms with Crippen molar-refractivity contribution in [3.8, 4) is 5.75 Å². The fraction of sp³-hybridized carbons (Fsp3) is 0.619. The normalized spacial score (nSPS) is 19.2. The molecule has 1 unspecified atom stereocenters. The van der Waals surface area contributed by atoms with Gasteiger partial charge >= 0.3 is 0 Å². The summed E-state index contributed by atoms with van der Waals surface area (Å²) in [6.07, 6.45) is 3.29. The van der Waals surface area contributed by atoms with Crippen LogP contribution in [0.5, 0.6) is 5.75 Å². The Bertz CT molecular complexity index is 662. The van der Waals surface area contributed by atoms with E-state index in [4.69, 9.17) is 4.74 Å². The number of hydrogen-bond donors (Lipinski definition) is 2. The van der Waals surface area contributed by atoms with Gasteiger partial charge in [-0.25, -0.2) is 0 Å². The summed E-state index contributed by atoms with van der Waals surface area (Å²) in [6, 6.07) is 6.43. The maximum atomic E-state index is 13.1. The van der Waals surface area contributed by atoms with E-state index in [1.54, 1.807) is 31.4 Å². The number of ether oxygens (including phenoxy) is 1. The second kappa shape index (κ2) is 9.61. The molecule has 0 saturated carbocycles. The van der Waals surface area contributed by atoms with Gasteiger partial charge in [0.2, 0.25) is 5.91 Å². The first kappa shape index (κ1) is 22.5. The van der Waals surface area contributed by atoms with Gasteiger partial charge in [0.25, 0.3) is 5.91 Å². The van der Waals surface area contributed by atoms with Crippen molar-refractivity contribution in [2.75, 3.05) is 33.3 Å². The van der Waals surface area contributed by atoms with Crippen molar-refractivity contribution in [2.24, 2.45) is 11.3 Å². The molecule has 6 nitrogen and oxygen atoms in total. The SMILES string of the molecule is COc1ccc(C(=O)NC(C(=O)N2CCC3(CCNC3)CC2)C(C)C)cc1.Cl. The number of methoxy groups -OCH3 is 1. The first-order valence-corrected chi connectivity index (χ1v) is 9.88. The van der Waals surface area contributed by atoms with Gasteiger partial charge in [0.05, 0.1) is 7.11 Å². The Hall–Kier alpha value is -1.79. The highest BCUT2D eigenvalue weighted by Gasteiger charge is 2.39. The molecule has 2 amide bonds. The number of rotatable bonds is 5. The van der Waals surface area contributed by atoms with E-state index in [0.717, 1.165) is 39.0 Å². The molecule has 156 valence electrons. The third-order valence-corrected chi connectivity index (χ3v) is 6.04.